The summed E-state index contributed by atoms with van der Waals surface area (Å²) >= 11 is 0. The van der Waals surface area contributed by atoms with Gasteiger partial charge in [-0.2, -0.15) is 0 Å². The smallest absolute Gasteiger partial charge is 0.303 e. The Morgan fingerprint density at radius 2 is 2.00 bits per heavy atom. The second kappa shape index (κ2) is 6.42. The largest absolute Gasteiger partial charge is 0.496 e. The van der Waals surface area contributed by atoms with Crippen molar-refractivity contribution in [3.05, 3.63) is 28.8 Å². The predicted molar refractivity (Wildman–Crippen MR) is 95.2 cm³/mol. The molecule has 1 aromatic carbocycles. The summed E-state index contributed by atoms with van der Waals surface area (Å²) in [6.45, 7) is 8.38. The first-order valence-electron chi connectivity index (χ1n) is 9.18. The van der Waals surface area contributed by atoms with Crippen LogP contribution in [0.25, 0.3) is 0 Å². The summed E-state index contributed by atoms with van der Waals surface area (Å²) in [5.41, 5.74) is 3.95. The van der Waals surface area contributed by atoms with E-state index in [-0.39, 0.29) is 12.1 Å². The topological polar surface area (TPSA) is 35.5 Å². The Labute approximate surface area is 145 Å². The van der Waals surface area contributed by atoms with Crippen LogP contribution in [0.15, 0.2) is 12.1 Å². The average Bonchev–Trinajstić information content (AvgIpc) is 2.64. The molecule has 0 unspecified atom stereocenters. The number of hydrogen-bond donors (Lipinski definition) is 0. The number of methoxy groups -OCH3 is 1. The summed E-state index contributed by atoms with van der Waals surface area (Å²) in [7, 11) is 1.71. The fraction of sp³-hybridized carbons (Fsp3) is 0.667. The highest BCUT2D eigenvalue weighted by Crippen LogP contribution is 2.53. The van der Waals surface area contributed by atoms with Crippen LogP contribution in [-0.4, -0.2) is 13.1 Å². The van der Waals surface area contributed by atoms with E-state index in [0.717, 1.165) is 29.7 Å². The van der Waals surface area contributed by atoms with Crippen LogP contribution in [0.3, 0.4) is 0 Å². The summed E-state index contributed by atoms with van der Waals surface area (Å²) < 4.78 is 11.4. The molecule has 132 valence electrons. The lowest BCUT2D eigenvalue weighted by Crippen LogP contribution is -2.38. The Balaban J connectivity index is 2.09. The van der Waals surface area contributed by atoms with E-state index in [0.29, 0.717) is 17.3 Å². The molecule has 0 bridgehead atoms. The van der Waals surface area contributed by atoms with Crippen molar-refractivity contribution in [1.29, 1.82) is 0 Å². The minimum Gasteiger partial charge on any atom is -0.496 e. The highest BCUT2D eigenvalue weighted by atomic mass is 16.5. The van der Waals surface area contributed by atoms with E-state index in [1.807, 2.05) is 0 Å². The molecule has 2 aliphatic carbocycles. The standard InChI is InChI=1S/C21H30O3/c1-13-11-15-8-9-18-16(7-6-10-21(18,3)4)20(24-14(2)22)17(15)12-19(13)23-5/h11-12,16,18,20H,6-10H2,1-5H3/t16-,18+,20+/m0/s1. The van der Waals surface area contributed by atoms with Crippen LogP contribution in [0.4, 0.5) is 0 Å². The van der Waals surface area contributed by atoms with E-state index in [9.17, 15) is 4.79 Å². The lowest BCUT2D eigenvalue weighted by atomic mass is 9.61. The van der Waals surface area contributed by atoms with Gasteiger partial charge >= 0.3 is 5.97 Å². The van der Waals surface area contributed by atoms with Gasteiger partial charge < -0.3 is 9.47 Å². The second-order valence-corrected chi connectivity index (χ2v) is 8.24. The van der Waals surface area contributed by atoms with Gasteiger partial charge in [0.2, 0.25) is 0 Å². The maximum Gasteiger partial charge on any atom is 0.303 e. The van der Waals surface area contributed by atoms with Crippen LogP contribution < -0.4 is 4.74 Å². The summed E-state index contributed by atoms with van der Waals surface area (Å²) in [6, 6.07) is 4.34. The third-order valence-electron chi connectivity index (χ3n) is 6.25. The molecule has 0 aromatic heterocycles. The first-order chi connectivity index (χ1) is 11.3. The predicted octanol–water partition coefficient (Wildman–Crippen LogP) is 5.00. The number of ether oxygens (including phenoxy) is 2. The van der Waals surface area contributed by atoms with Gasteiger partial charge in [-0.3, -0.25) is 4.79 Å². The molecule has 1 fully saturated rings. The van der Waals surface area contributed by atoms with Gasteiger partial charge in [0.15, 0.2) is 0 Å². The van der Waals surface area contributed by atoms with Gasteiger partial charge in [-0.1, -0.05) is 26.3 Å². The van der Waals surface area contributed by atoms with Gasteiger partial charge in [-0.15, -0.1) is 0 Å². The van der Waals surface area contributed by atoms with Crippen molar-refractivity contribution >= 4 is 5.97 Å². The van der Waals surface area contributed by atoms with Crippen LogP contribution in [-0.2, 0) is 16.0 Å². The SMILES string of the molecule is COc1cc2c(cc1C)CC[C@@H]1[C@H](CCCC1(C)C)[C@H]2OC(C)=O. The molecule has 1 saturated carbocycles. The number of fused-ring (bicyclic) bond motifs is 2. The van der Waals surface area contributed by atoms with E-state index in [1.165, 1.54) is 31.7 Å². The molecule has 3 rings (SSSR count). The molecular formula is C21H30O3. The van der Waals surface area contributed by atoms with Crippen molar-refractivity contribution in [3.63, 3.8) is 0 Å². The molecule has 0 saturated heterocycles. The van der Waals surface area contributed by atoms with Crippen LogP contribution in [0, 0.1) is 24.2 Å². The average molecular weight is 330 g/mol. The minimum absolute atomic E-state index is 0.140. The Bertz CT molecular complexity index is 632. The van der Waals surface area contributed by atoms with Crippen molar-refractivity contribution in [2.45, 2.75) is 65.9 Å². The molecule has 3 nitrogen and oxygen atoms in total. The van der Waals surface area contributed by atoms with Crippen LogP contribution >= 0.6 is 0 Å². The number of benzene rings is 1. The first-order valence-corrected chi connectivity index (χ1v) is 9.18. The molecule has 0 N–H and O–H groups in total. The van der Waals surface area contributed by atoms with E-state index in [2.05, 4.69) is 32.9 Å². The van der Waals surface area contributed by atoms with E-state index in [1.54, 1.807) is 7.11 Å². The van der Waals surface area contributed by atoms with Gasteiger partial charge in [0.05, 0.1) is 7.11 Å². The second-order valence-electron chi connectivity index (χ2n) is 8.24. The molecule has 24 heavy (non-hydrogen) atoms. The number of carbonyl (C=O) groups excluding carboxylic acids is 1. The van der Waals surface area contributed by atoms with Crippen molar-refractivity contribution in [1.82, 2.24) is 0 Å². The summed E-state index contributed by atoms with van der Waals surface area (Å²) in [4.78, 5) is 11.8. The molecule has 0 amide bonds. The van der Waals surface area contributed by atoms with E-state index >= 15 is 0 Å². The zero-order chi connectivity index (χ0) is 17.5. The molecule has 3 atom stereocenters. The number of rotatable bonds is 2. The molecule has 0 heterocycles. The van der Waals surface area contributed by atoms with Gasteiger partial charge in [0, 0.05) is 12.8 Å². The molecule has 0 spiro atoms. The maximum absolute atomic E-state index is 11.8. The summed E-state index contributed by atoms with van der Waals surface area (Å²) in [5, 5.41) is 0. The normalized spacial score (nSPS) is 28.3. The Hall–Kier alpha value is -1.51. The number of carbonyl (C=O) groups is 1. The van der Waals surface area contributed by atoms with Crippen molar-refractivity contribution < 1.29 is 14.3 Å². The van der Waals surface area contributed by atoms with Crippen LogP contribution in [0.2, 0.25) is 0 Å². The quantitative estimate of drug-likeness (QED) is 0.716. The molecule has 1 aromatic rings. The van der Waals surface area contributed by atoms with Gasteiger partial charge in [-0.05, 0) is 66.7 Å². The van der Waals surface area contributed by atoms with E-state index < -0.39 is 0 Å². The maximum atomic E-state index is 11.8. The monoisotopic (exact) mass is 330 g/mol. The number of hydrogen-bond acceptors (Lipinski definition) is 3. The van der Waals surface area contributed by atoms with Crippen LogP contribution in [0.1, 0.15) is 69.2 Å². The van der Waals surface area contributed by atoms with Gasteiger partial charge in [0.1, 0.15) is 11.9 Å². The Kier molecular flexibility index (Phi) is 4.63. The Morgan fingerprint density at radius 1 is 1.25 bits per heavy atom. The van der Waals surface area contributed by atoms with Gasteiger partial charge in [0.25, 0.3) is 0 Å². The third kappa shape index (κ3) is 3.05. The minimum atomic E-state index is -0.186. The lowest BCUT2D eigenvalue weighted by Gasteiger charge is -2.45. The zero-order valence-electron chi connectivity index (χ0n) is 15.6. The first kappa shape index (κ1) is 17.3. The van der Waals surface area contributed by atoms with Crippen LogP contribution in [0.5, 0.6) is 5.75 Å². The van der Waals surface area contributed by atoms with Crippen molar-refractivity contribution in [3.8, 4) is 5.75 Å². The molecular weight excluding hydrogens is 300 g/mol. The van der Waals surface area contributed by atoms with E-state index in [4.69, 9.17) is 9.47 Å². The Morgan fingerprint density at radius 3 is 2.67 bits per heavy atom. The lowest BCUT2D eigenvalue weighted by molar-refractivity contribution is -0.153. The summed E-state index contributed by atoms with van der Waals surface area (Å²) in [5.74, 6) is 1.70. The number of esters is 1. The fourth-order valence-corrected chi connectivity index (χ4v) is 5.06. The molecule has 3 heteroatoms. The third-order valence-corrected chi connectivity index (χ3v) is 6.25. The molecule has 2 aliphatic rings. The van der Waals surface area contributed by atoms with Gasteiger partial charge in [-0.25, -0.2) is 0 Å². The van der Waals surface area contributed by atoms with Crippen molar-refractivity contribution in [2.75, 3.05) is 7.11 Å². The molecule has 0 aliphatic heterocycles. The highest BCUT2D eigenvalue weighted by molar-refractivity contribution is 5.66. The fourth-order valence-electron chi connectivity index (χ4n) is 5.06. The zero-order valence-corrected chi connectivity index (χ0v) is 15.6. The highest BCUT2D eigenvalue weighted by Gasteiger charge is 2.45. The number of aryl methyl sites for hydroxylation is 2. The van der Waals surface area contributed by atoms with Crippen molar-refractivity contribution in [2.24, 2.45) is 17.3 Å². The summed E-state index contributed by atoms with van der Waals surface area (Å²) in [6.07, 6.45) is 5.71. The molecule has 0 radical (unpaired) electrons.